The molecule has 1 aromatic carbocycles. The summed E-state index contributed by atoms with van der Waals surface area (Å²) in [7, 11) is 0. The van der Waals surface area contributed by atoms with Crippen LogP contribution in [0.25, 0.3) is 0 Å². The lowest BCUT2D eigenvalue weighted by molar-refractivity contribution is 0.0908. The van der Waals surface area contributed by atoms with Crippen molar-refractivity contribution in [3.8, 4) is 5.75 Å². The van der Waals surface area contributed by atoms with E-state index in [1.54, 1.807) is 16.9 Å². The average molecular weight is 396 g/mol. The Bertz CT molecular complexity index is 850. The van der Waals surface area contributed by atoms with Gasteiger partial charge < -0.3 is 10.1 Å². The van der Waals surface area contributed by atoms with Crippen LogP contribution in [0.4, 0.5) is 0 Å². The van der Waals surface area contributed by atoms with Gasteiger partial charge in [-0.05, 0) is 73.1 Å². The molecule has 1 heterocycles. The van der Waals surface area contributed by atoms with Crippen LogP contribution in [0.3, 0.4) is 0 Å². The first-order valence-electron chi connectivity index (χ1n) is 10.9. The van der Waals surface area contributed by atoms with E-state index >= 15 is 0 Å². The smallest absolute Gasteiger partial charge is 0.271 e. The topological polar surface area (TPSA) is 56.2 Å². The second-order valence-electron chi connectivity index (χ2n) is 9.89. The number of nitrogens with zero attached hydrogens (tertiary/aromatic N) is 2. The fourth-order valence-corrected chi connectivity index (χ4v) is 5.04. The van der Waals surface area contributed by atoms with Crippen molar-refractivity contribution in [2.75, 3.05) is 0 Å². The van der Waals surface area contributed by atoms with Crippen LogP contribution in [-0.2, 0) is 12.1 Å². The van der Waals surface area contributed by atoms with E-state index in [9.17, 15) is 4.79 Å². The van der Waals surface area contributed by atoms with E-state index in [1.807, 2.05) is 12.1 Å². The van der Waals surface area contributed by atoms with Gasteiger partial charge in [-0.1, -0.05) is 39.3 Å². The highest BCUT2D eigenvalue weighted by molar-refractivity contribution is 5.92. The third-order valence-electron chi connectivity index (χ3n) is 6.75. The minimum Gasteiger partial charge on any atom is -0.471 e. The van der Waals surface area contributed by atoms with Gasteiger partial charge in [0.2, 0.25) is 0 Å². The molecule has 0 aliphatic heterocycles. The molecule has 4 atom stereocenters. The normalized spacial score (nSPS) is 24.5. The van der Waals surface area contributed by atoms with Crippen molar-refractivity contribution in [1.82, 2.24) is 15.1 Å². The fraction of sp³-hybridized carbons (Fsp3) is 0.583. The van der Waals surface area contributed by atoms with Crippen molar-refractivity contribution in [3.63, 3.8) is 0 Å². The highest BCUT2D eigenvalue weighted by Gasteiger charge is 2.42. The van der Waals surface area contributed by atoms with Gasteiger partial charge in [-0.15, -0.1) is 0 Å². The molecule has 29 heavy (non-hydrogen) atoms. The van der Waals surface area contributed by atoms with Gasteiger partial charge in [0.05, 0.1) is 0 Å². The Morgan fingerprint density at radius 1 is 1.21 bits per heavy atom. The lowest BCUT2D eigenvalue weighted by Crippen LogP contribution is -2.40. The maximum atomic E-state index is 12.6. The summed E-state index contributed by atoms with van der Waals surface area (Å²) in [4.78, 5) is 12.6. The van der Waals surface area contributed by atoms with Crippen LogP contribution in [0.1, 0.15) is 69.4 Å². The highest BCUT2D eigenvalue weighted by atomic mass is 16.5. The number of carbonyl (C=O) groups is 1. The van der Waals surface area contributed by atoms with Crippen LogP contribution in [0, 0.1) is 17.8 Å². The summed E-state index contributed by atoms with van der Waals surface area (Å²) in [5.74, 6) is 3.02. The number of benzene rings is 1. The zero-order chi connectivity index (χ0) is 20.6. The first-order chi connectivity index (χ1) is 13.8. The monoisotopic (exact) mass is 395 g/mol. The molecule has 156 valence electrons. The van der Waals surface area contributed by atoms with Gasteiger partial charge in [-0.25, -0.2) is 4.68 Å². The van der Waals surface area contributed by atoms with Crippen LogP contribution in [0.5, 0.6) is 5.75 Å². The molecular formula is C24H33N3O2. The van der Waals surface area contributed by atoms with Crippen LogP contribution >= 0.6 is 0 Å². The van der Waals surface area contributed by atoms with Crippen molar-refractivity contribution < 1.29 is 9.53 Å². The maximum absolute atomic E-state index is 12.6. The van der Waals surface area contributed by atoms with E-state index in [2.05, 4.69) is 50.2 Å². The molecule has 4 unspecified atom stereocenters. The second-order valence-corrected chi connectivity index (χ2v) is 9.89. The van der Waals surface area contributed by atoms with Gasteiger partial charge in [0, 0.05) is 12.2 Å². The van der Waals surface area contributed by atoms with Crippen LogP contribution in [-0.4, -0.2) is 21.7 Å². The molecule has 1 aromatic heterocycles. The Hall–Kier alpha value is -2.30. The van der Waals surface area contributed by atoms with Crippen LogP contribution < -0.4 is 10.1 Å². The van der Waals surface area contributed by atoms with Gasteiger partial charge >= 0.3 is 0 Å². The van der Waals surface area contributed by atoms with Gasteiger partial charge in [0.1, 0.15) is 11.4 Å². The van der Waals surface area contributed by atoms with E-state index < -0.39 is 0 Å². The van der Waals surface area contributed by atoms with E-state index in [0.717, 1.165) is 17.6 Å². The average Bonchev–Trinajstić information content (AvgIpc) is 3.42. The fourth-order valence-electron chi connectivity index (χ4n) is 5.04. The van der Waals surface area contributed by atoms with Crippen molar-refractivity contribution >= 4 is 5.91 Å². The zero-order valence-electron chi connectivity index (χ0n) is 18.0. The molecular weight excluding hydrogens is 362 g/mol. The van der Waals surface area contributed by atoms with Gasteiger partial charge in [0.15, 0.2) is 6.73 Å². The molecule has 2 bridgehead atoms. The first kappa shape index (κ1) is 20.0. The summed E-state index contributed by atoms with van der Waals surface area (Å²) in [5.41, 5.74) is 1.84. The molecule has 2 aromatic rings. The van der Waals surface area contributed by atoms with Crippen molar-refractivity contribution in [2.45, 2.75) is 71.6 Å². The number of nitrogens with one attached hydrogen (secondary N) is 1. The predicted octanol–water partition coefficient (Wildman–Crippen LogP) is 4.77. The summed E-state index contributed by atoms with van der Waals surface area (Å²) in [6.07, 6.45) is 7.13. The van der Waals surface area contributed by atoms with Crippen molar-refractivity contribution in [3.05, 3.63) is 47.8 Å². The molecule has 1 N–H and O–H groups in total. The molecule has 5 nitrogen and oxygen atoms in total. The van der Waals surface area contributed by atoms with E-state index in [0.29, 0.717) is 11.6 Å². The molecule has 4 rings (SSSR count). The van der Waals surface area contributed by atoms with Gasteiger partial charge in [-0.3, -0.25) is 4.79 Å². The summed E-state index contributed by atoms with van der Waals surface area (Å²) in [6, 6.07) is 10.1. The Kier molecular flexibility index (Phi) is 5.41. The number of hydrogen-bond acceptors (Lipinski definition) is 3. The number of hydrogen-bond donors (Lipinski definition) is 1. The largest absolute Gasteiger partial charge is 0.471 e. The summed E-state index contributed by atoms with van der Waals surface area (Å²) < 4.78 is 7.48. The Balaban J connectivity index is 1.29. The standard InChI is InChI=1S/C24H33N3O2/c1-16(21-14-17-5-6-18(21)13-17)25-23(28)22-11-12-27(26-22)15-29-20-9-7-19(8-10-20)24(2,3)4/h7-12,16-18,21H,5-6,13-15H2,1-4H3,(H,25,28). The number of fused-ring (bicyclic) bond motifs is 2. The number of amides is 1. The number of aromatic nitrogens is 2. The minimum absolute atomic E-state index is 0.0893. The maximum Gasteiger partial charge on any atom is 0.271 e. The Morgan fingerprint density at radius 2 is 1.97 bits per heavy atom. The van der Waals surface area contributed by atoms with E-state index in [-0.39, 0.29) is 24.1 Å². The highest BCUT2D eigenvalue weighted by Crippen LogP contribution is 2.49. The van der Waals surface area contributed by atoms with Gasteiger partial charge in [-0.2, -0.15) is 5.10 Å². The summed E-state index contributed by atoms with van der Waals surface area (Å²) in [6.45, 7) is 9.00. The molecule has 0 spiro atoms. The van der Waals surface area contributed by atoms with Crippen molar-refractivity contribution in [1.29, 1.82) is 0 Å². The number of carbonyl (C=O) groups excluding carboxylic acids is 1. The SMILES string of the molecule is CC(NC(=O)c1ccn(COc2ccc(C(C)(C)C)cc2)n1)C1CC2CCC1C2. The lowest BCUT2D eigenvalue weighted by Gasteiger charge is -2.28. The molecule has 2 fully saturated rings. The predicted molar refractivity (Wildman–Crippen MR) is 114 cm³/mol. The molecule has 0 radical (unpaired) electrons. The third-order valence-corrected chi connectivity index (χ3v) is 6.75. The minimum atomic E-state index is -0.0893. The number of rotatable bonds is 6. The lowest BCUT2D eigenvalue weighted by atomic mass is 9.84. The van der Waals surface area contributed by atoms with E-state index in [4.69, 9.17) is 4.74 Å². The molecule has 2 aliphatic carbocycles. The first-order valence-corrected chi connectivity index (χ1v) is 10.9. The Labute approximate surface area is 173 Å². The van der Waals surface area contributed by atoms with E-state index in [1.165, 1.54) is 31.2 Å². The molecule has 5 heteroatoms. The molecule has 2 saturated carbocycles. The molecule has 1 amide bonds. The Morgan fingerprint density at radius 3 is 2.59 bits per heavy atom. The van der Waals surface area contributed by atoms with Crippen molar-refractivity contribution in [2.24, 2.45) is 17.8 Å². The zero-order valence-corrected chi connectivity index (χ0v) is 18.0. The number of ether oxygens (including phenoxy) is 1. The quantitative estimate of drug-likeness (QED) is 0.766. The second kappa shape index (κ2) is 7.85. The summed E-state index contributed by atoms with van der Waals surface area (Å²) >= 11 is 0. The molecule has 2 aliphatic rings. The van der Waals surface area contributed by atoms with Crippen LogP contribution in [0.15, 0.2) is 36.5 Å². The van der Waals surface area contributed by atoms with Crippen LogP contribution in [0.2, 0.25) is 0 Å². The third kappa shape index (κ3) is 4.49. The molecule has 0 saturated heterocycles. The van der Waals surface area contributed by atoms with Gasteiger partial charge in [0.25, 0.3) is 5.91 Å². The summed E-state index contributed by atoms with van der Waals surface area (Å²) in [5, 5.41) is 7.56.